The molecule has 3 rings (SSSR count). The van der Waals surface area contributed by atoms with Crippen molar-refractivity contribution in [2.75, 3.05) is 6.54 Å². The Morgan fingerprint density at radius 3 is 3.00 bits per heavy atom. The summed E-state index contributed by atoms with van der Waals surface area (Å²) in [5, 5.41) is 0.617. The van der Waals surface area contributed by atoms with Gasteiger partial charge in [-0.25, -0.2) is 4.98 Å². The highest BCUT2D eigenvalue weighted by Crippen LogP contribution is 2.41. The van der Waals surface area contributed by atoms with Crippen LogP contribution in [0.1, 0.15) is 30.1 Å². The van der Waals surface area contributed by atoms with E-state index in [4.69, 9.17) is 17.3 Å². The largest absolute Gasteiger partial charge is 0.330 e. The van der Waals surface area contributed by atoms with Crippen molar-refractivity contribution < 1.29 is 0 Å². The van der Waals surface area contributed by atoms with E-state index in [0.29, 0.717) is 17.6 Å². The van der Waals surface area contributed by atoms with Crippen LogP contribution in [-0.2, 0) is 6.42 Å². The van der Waals surface area contributed by atoms with Crippen molar-refractivity contribution in [3.05, 3.63) is 34.9 Å². The zero-order valence-corrected chi connectivity index (χ0v) is 9.74. The summed E-state index contributed by atoms with van der Waals surface area (Å²) >= 11 is 6.22. The van der Waals surface area contributed by atoms with Crippen LogP contribution in [0.2, 0.25) is 5.15 Å². The average Bonchev–Trinajstić information content (AvgIpc) is 3.05. The Morgan fingerprint density at radius 2 is 2.31 bits per heavy atom. The standard InChI is InChI=1S/C12H14ClN3/c13-11-10-8(5-6-14)2-1-7-16(10)12(15-11)9-3-4-9/h1-2,7,9H,3-6,14H2. The predicted octanol–water partition coefficient (Wildman–Crippen LogP) is 2.37. The van der Waals surface area contributed by atoms with E-state index in [1.807, 2.05) is 12.3 Å². The van der Waals surface area contributed by atoms with E-state index in [1.165, 1.54) is 18.4 Å². The molecular weight excluding hydrogens is 222 g/mol. The molecule has 1 saturated carbocycles. The molecule has 0 aliphatic heterocycles. The Kier molecular flexibility index (Phi) is 2.37. The van der Waals surface area contributed by atoms with Crippen LogP contribution in [0.25, 0.3) is 5.52 Å². The summed E-state index contributed by atoms with van der Waals surface area (Å²) in [5.41, 5.74) is 7.84. The van der Waals surface area contributed by atoms with E-state index < -0.39 is 0 Å². The summed E-state index contributed by atoms with van der Waals surface area (Å²) < 4.78 is 2.13. The fourth-order valence-electron chi connectivity index (χ4n) is 2.17. The second-order valence-electron chi connectivity index (χ2n) is 4.33. The minimum Gasteiger partial charge on any atom is -0.330 e. The van der Waals surface area contributed by atoms with Gasteiger partial charge in [-0.15, -0.1) is 0 Å². The zero-order valence-electron chi connectivity index (χ0n) is 8.99. The molecule has 1 aliphatic rings. The minimum atomic E-state index is 0.605. The summed E-state index contributed by atoms with van der Waals surface area (Å²) in [6.45, 7) is 0.639. The number of hydrogen-bond donors (Lipinski definition) is 1. The van der Waals surface area contributed by atoms with Crippen molar-refractivity contribution in [3.8, 4) is 0 Å². The molecular formula is C12H14ClN3. The third-order valence-electron chi connectivity index (χ3n) is 3.09. The molecule has 4 heteroatoms. The molecule has 1 fully saturated rings. The van der Waals surface area contributed by atoms with Crippen molar-refractivity contribution in [1.82, 2.24) is 9.38 Å². The first-order valence-corrected chi connectivity index (χ1v) is 6.04. The van der Waals surface area contributed by atoms with Crippen molar-refractivity contribution in [3.63, 3.8) is 0 Å². The first-order chi connectivity index (χ1) is 7.81. The van der Waals surface area contributed by atoms with Crippen LogP contribution in [0.3, 0.4) is 0 Å². The Balaban J connectivity index is 2.22. The van der Waals surface area contributed by atoms with E-state index >= 15 is 0 Å². The number of halogens is 1. The maximum Gasteiger partial charge on any atom is 0.155 e. The molecule has 2 heterocycles. The molecule has 2 aromatic rings. The smallest absolute Gasteiger partial charge is 0.155 e. The van der Waals surface area contributed by atoms with Gasteiger partial charge in [-0.2, -0.15) is 0 Å². The first-order valence-electron chi connectivity index (χ1n) is 5.66. The van der Waals surface area contributed by atoms with E-state index in [-0.39, 0.29) is 0 Å². The lowest BCUT2D eigenvalue weighted by atomic mass is 10.2. The van der Waals surface area contributed by atoms with E-state index in [9.17, 15) is 0 Å². The lowest BCUT2D eigenvalue weighted by molar-refractivity contribution is 0.909. The van der Waals surface area contributed by atoms with E-state index in [2.05, 4.69) is 15.5 Å². The van der Waals surface area contributed by atoms with Crippen LogP contribution >= 0.6 is 11.6 Å². The van der Waals surface area contributed by atoms with Gasteiger partial charge in [0.25, 0.3) is 0 Å². The molecule has 0 radical (unpaired) electrons. The number of fused-ring (bicyclic) bond motifs is 1. The SMILES string of the molecule is NCCc1cccn2c(C3CC3)nc(Cl)c12. The number of imidazole rings is 1. The fourth-order valence-corrected chi connectivity index (χ4v) is 2.47. The van der Waals surface area contributed by atoms with Gasteiger partial charge < -0.3 is 10.1 Å². The number of pyridine rings is 1. The van der Waals surface area contributed by atoms with E-state index in [1.54, 1.807) is 0 Å². The quantitative estimate of drug-likeness (QED) is 0.888. The number of nitrogens with two attached hydrogens (primary N) is 1. The number of hydrogen-bond acceptors (Lipinski definition) is 2. The van der Waals surface area contributed by atoms with Gasteiger partial charge in [-0.05, 0) is 37.4 Å². The van der Waals surface area contributed by atoms with Crippen LogP contribution in [0.15, 0.2) is 18.3 Å². The topological polar surface area (TPSA) is 43.3 Å². The van der Waals surface area contributed by atoms with Gasteiger partial charge in [0.15, 0.2) is 5.15 Å². The molecule has 2 N–H and O–H groups in total. The van der Waals surface area contributed by atoms with Crippen LogP contribution < -0.4 is 5.73 Å². The summed E-state index contributed by atoms with van der Waals surface area (Å²) in [4.78, 5) is 4.48. The monoisotopic (exact) mass is 235 g/mol. The maximum absolute atomic E-state index is 6.22. The second kappa shape index (κ2) is 3.75. The molecule has 16 heavy (non-hydrogen) atoms. The molecule has 1 aliphatic carbocycles. The summed E-state index contributed by atoms with van der Waals surface area (Å²) in [6, 6.07) is 4.12. The predicted molar refractivity (Wildman–Crippen MR) is 64.9 cm³/mol. The maximum atomic E-state index is 6.22. The first kappa shape index (κ1) is 10.1. The third kappa shape index (κ3) is 1.51. The van der Waals surface area contributed by atoms with Gasteiger partial charge in [-0.1, -0.05) is 17.7 Å². The minimum absolute atomic E-state index is 0.605. The number of aromatic nitrogens is 2. The fraction of sp³-hybridized carbons (Fsp3) is 0.417. The molecule has 0 aromatic carbocycles. The lowest BCUT2D eigenvalue weighted by Crippen LogP contribution is -2.04. The summed E-state index contributed by atoms with van der Waals surface area (Å²) in [7, 11) is 0. The van der Waals surface area contributed by atoms with Crippen molar-refractivity contribution >= 4 is 17.1 Å². The molecule has 0 amide bonds. The molecule has 0 unspecified atom stereocenters. The molecule has 2 aromatic heterocycles. The third-order valence-corrected chi connectivity index (χ3v) is 3.35. The normalized spacial score (nSPS) is 15.9. The van der Waals surface area contributed by atoms with Crippen LogP contribution in [0, 0.1) is 0 Å². The van der Waals surface area contributed by atoms with Gasteiger partial charge in [-0.3, -0.25) is 0 Å². The lowest BCUT2D eigenvalue weighted by Gasteiger charge is -2.04. The highest BCUT2D eigenvalue weighted by atomic mass is 35.5. The van der Waals surface area contributed by atoms with Crippen molar-refractivity contribution in [2.24, 2.45) is 5.73 Å². The van der Waals surface area contributed by atoms with Gasteiger partial charge >= 0.3 is 0 Å². The Labute approximate surface area is 99.2 Å². The van der Waals surface area contributed by atoms with Crippen LogP contribution in [-0.4, -0.2) is 15.9 Å². The Hall–Kier alpha value is -1.06. The number of rotatable bonds is 3. The highest BCUT2D eigenvalue weighted by Gasteiger charge is 2.29. The van der Waals surface area contributed by atoms with Gasteiger partial charge in [0.05, 0.1) is 5.52 Å². The number of nitrogens with zero attached hydrogens (tertiary/aromatic N) is 2. The summed E-state index contributed by atoms with van der Waals surface area (Å²) in [6.07, 6.45) is 5.36. The second-order valence-corrected chi connectivity index (χ2v) is 4.68. The zero-order chi connectivity index (χ0) is 11.1. The van der Waals surface area contributed by atoms with Crippen LogP contribution in [0.5, 0.6) is 0 Å². The van der Waals surface area contributed by atoms with Crippen LogP contribution in [0.4, 0.5) is 0 Å². The molecule has 3 nitrogen and oxygen atoms in total. The molecule has 0 spiro atoms. The van der Waals surface area contributed by atoms with Gasteiger partial charge in [0.1, 0.15) is 5.82 Å². The Morgan fingerprint density at radius 1 is 1.50 bits per heavy atom. The molecule has 0 saturated heterocycles. The molecule has 0 bridgehead atoms. The summed E-state index contributed by atoms with van der Waals surface area (Å²) in [5.74, 6) is 1.71. The average molecular weight is 236 g/mol. The van der Waals surface area contributed by atoms with Crippen molar-refractivity contribution in [1.29, 1.82) is 0 Å². The van der Waals surface area contributed by atoms with Gasteiger partial charge in [0.2, 0.25) is 0 Å². The molecule has 0 atom stereocenters. The molecule has 84 valence electrons. The highest BCUT2D eigenvalue weighted by molar-refractivity contribution is 6.33. The van der Waals surface area contributed by atoms with E-state index in [0.717, 1.165) is 17.8 Å². The van der Waals surface area contributed by atoms with Gasteiger partial charge in [0, 0.05) is 12.1 Å². The Bertz CT molecular complexity index is 528. The van der Waals surface area contributed by atoms with Crippen molar-refractivity contribution in [2.45, 2.75) is 25.2 Å².